The minimum Gasteiger partial charge on any atom is -0.398 e. The number of hydrogen-bond acceptors (Lipinski definition) is 4. The van der Waals surface area contributed by atoms with Crippen molar-refractivity contribution in [2.75, 3.05) is 12.3 Å². The van der Waals surface area contributed by atoms with Gasteiger partial charge in [-0.05, 0) is 38.5 Å². The second-order valence-electron chi connectivity index (χ2n) is 4.08. The van der Waals surface area contributed by atoms with Gasteiger partial charge in [-0.1, -0.05) is 6.07 Å². The average molecular weight is 281 g/mol. The Hall–Kier alpha value is -1.69. The van der Waals surface area contributed by atoms with Crippen LogP contribution in [-0.2, 0) is 4.79 Å². The van der Waals surface area contributed by atoms with Crippen LogP contribution in [-0.4, -0.2) is 23.7 Å². The van der Waals surface area contributed by atoms with E-state index < -0.39 is 6.03 Å². The van der Waals surface area contributed by atoms with Gasteiger partial charge in [0.2, 0.25) is 5.91 Å². The van der Waals surface area contributed by atoms with E-state index in [1.165, 1.54) is 11.8 Å². The lowest BCUT2D eigenvalue weighted by atomic mass is 10.2. The van der Waals surface area contributed by atoms with Gasteiger partial charge in [-0.25, -0.2) is 4.79 Å². The Morgan fingerprint density at radius 1 is 1.42 bits per heavy atom. The highest BCUT2D eigenvalue weighted by molar-refractivity contribution is 8.00. The number of urea groups is 1. The molecule has 1 rings (SSSR count). The fourth-order valence-electron chi connectivity index (χ4n) is 1.42. The molecule has 0 aliphatic rings. The molecule has 0 aromatic heterocycles. The highest BCUT2D eigenvalue weighted by atomic mass is 32.2. The molecular weight excluding hydrogens is 262 g/mol. The van der Waals surface area contributed by atoms with Crippen molar-refractivity contribution in [3.05, 3.63) is 23.8 Å². The molecule has 1 aromatic carbocycles. The van der Waals surface area contributed by atoms with Gasteiger partial charge in [-0.15, -0.1) is 11.8 Å². The van der Waals surface area contributed by atoms with Crippen LogP contribution in [0.15, 0.2) is 23.1 Å². The van der Waals surface area contributed by atoms with E-state index in [4.69, 9.17) is 5.73 Å². The molecule has 1 atom stereocenters. The fourth-order valence-corrected chi connectivity index (χ4v) is 2.42. The van der Waals surface area contributed by atoms with Gasteiger partial charge in [-0.3, -0.25) is 10.1 Å². The lowest BCUT2D eigenvalue weighted by Crippen LogP contribution is -2.42. The minimum absolute atomic E-state index is 0.322. The van der Waals surface area contributed by atoms with E-state index in [9.17, 15) is 9.59 Å². The van der Waals surface area contributed by atoms with Crippen molar-refractivity contribution in [1.29, 1.82) is 0 Å². The van der Waals surface area contributed by atoms with E-state index in [0.717, 1.165) is 10.5 Å². The van der Waals surface area contributed by atoms with Crippen molar-refractivity contribution >= 4 is 29.4 Å². The van der Waals surface area contributed by atoms with E-state index in [1.807, 2.05) is 25.1 Å². The standard InChI is InChI=1S/C13H19N3O2S/c1-4-15-13(18)16-12(17)9(3)19-11-7-5-6-10(14)8(11)2/h5-7,9H,4,14H2,1-3H3,(H2,15,16,17,18). The number of rotatable bonds is 4. The number of hydrogen-bond donors (Lipinski definition) is 3. The Morgan fingerprint density at radius 2 is 2.11 bits per heavy atom. The monoisotopic (exact) mass is 281 g/mol. The van der Waals surface area contributed by atoms with E-state index in [0.29, 0.717) is 12.2 Å². The average Bonchev–Trinajstić information content (AvgIpc) is 2.35. The zero-order valence-corrected chi connectivity index (χ0v) is 12.1. The summed E-state index contributed by atoms with van der Waals surface area (Å²) in [5.74, 6) is -0.322. The summed E-state index contributed by atoms with van der Waals surface area (Å²) in [5, 5.41) is 4.44. The Morgan fingerprint density at radius 3 is 2.74 bits per heavy atom. The summed E-state index contributed by atoms with van der Waals surface area (Å²) in [5.41, 5.74) is 7.46. The number of nitrogen functional groups attached to an aromatic ring is 1. The molecule has 0 aliphatic carbocycles. The predicted octanol–water partition coefficient (Wildman–Crippen LogP) is 1.90. The SMILES string of the molecule is CCNC(=O)NC(=O)C(C)Sc1cccc(N)c1C. The Bertz CT molecular complexity index is 477. The zero-order valence-electron chi connectivity index (χ0n) is 11.3. The molecule has 0 spiro atoms. The molecule has 0 saturated carbocycles. The summed E-state index contributed by atoms with van der Waals surface area (Å²) < 4.78 is 0. The number of thioether (sulfide) groups is 1. The Balaban J connectivity index is 2.64. The third kappa shape index (κ3) is 4.48. The predicted molar refractivity (Wildman–Crippen MR) is 78.1 cm³/mol. The topological polar surface area (TPSA) is 84.2 Å². The van der Waals surface area contributed by atoms with Gasteiger partial charge in [0.1, 0.15) is 0 Å². The number of anilines is 1. The largest absolute Gasteiger partial charge is 0.398 e. The van der Waals surface area contributed by atoms with E-state index >= 15 is 0 Å². The van der Waals surface area contributed by atoms with Gasteiger partial charge in [0.15, 0.2) is 0 Å². The Kier molecular flexibility index (Phi) is 5.69. The fraction of sp³-hybridized carbons (Fsp3) is 0.385. The van der Waals surface area contributed by atoms with Crippen LogP contribution in [0.3, 0.4) is 0 Å². The van der Waals surface area contributed by atoms with Gasteiger partial charge >= 0.3 is 6.03 Å². The van der Waals surface area contributed by atoms with Crippen LogP contribution in [0.4, 0.5) is 10.5 Å². The van der Waals surface area contributed by atoms with Crippen molar-refractivity contribution in [2.24, 2.45) is 0 Å². The highest BCUT2D eigenvalue weighted by Gasteiger charge is 2.17. The Labute approximate surface area is 117 Å². The maximum absolute atomic E-state index is 11.8. The summed E-state index contributed by atoms with van der Waals surface area (Å²) in [6, 6.07) is 5.11. The summed E-state index contributed by atoms with van der Waals surface area (Å²) in [7, 11) is 0. The number of imide groups is 1. The van der Waals surface area contributed by atoms with Crippen LogP contribution < -0.4 is 16.4 Å². The first kappa shape index (κ1) is 15.4. The van der Waals surface area contributed by atoms with E-state index in [2.05, 4.69) is 10.6 Å². The summed E-state index contributed by atoms with van der Waals surface area (Å²) in [4.78, 5) is 24.0. The first-order chi connectivity index (χ1) is 8.95. The van der Waals surface area contributed by atoms with Crippen molar-refractivity contribution < 1.29 is 9.59 Å². The van der Waals surface area contributed by atoms with Crippen molar-refractivity contribution in [3.63, 3.8) is 0 Å². The molecule has 1 unspecified atom stereocenters. The molecule has 1 aromatic rings. The smallest absolute Gasteiger partial charge is 0.321 e. The molecule has 0 fully saturated rings. The number of nitrogens with one attached hydrogen (secondary N) is 2. The first-order valence-electron chi connectivity index (χ1n) is 6.06. The summed E-state index contributed by atoms with van der Waals surface area (Å²) >= 11 is 1.38. The molecular formula is C13H19N3O2S. The second-order valence-corrected chi connectivity index (χ2v) is 5.46. The van der Waals surface area contributed by atoms with Crippen LogP contribution >= 0.6 is 11.8 Å². The molecule has 104 valence electrons. The normalized spacial score (nSPS) is 11.7. The number of carbonyl (C=O) groups excluding carboxylic acids is 2. The van der Waals surface area contributed by atoms with Gasteiger partial charge < -0.3 is 11.1 Å². The van der Waals surface area contributed by atoms with Crippen LogP contribution in [0.5, 0.6) is 0 Å². The van der Waals surface area contributed by atoms with Crippen LogP contribution in [0.1, 0.15) is 19.4 Å². The molecule has 0 radical (unpaired) electrons. The quantitative estimate of drug-likeness (QED) is 0.581. The van der Waals surface area contributed by atoms with Crippen LogP contribution in [0.2, 0.25) is 0 Å². The number of amides is 3. The molecule has 19 heavy (non-hydrogen) atoms. The number of nitrogens with two attached hydrogens (primary N) is 1. The van der Waals surface area contributed by atoms with Crippen LogP contribution in [0, 0.1) is 6.92 Å². The highest BCUT2D eigenvalue weighted by Crippen LogP contribution is 2.29. The molecule has 4 N–H and O–H groups in total. The van der Waals surface area contributed by atoms with Gasteiger partial charge in [0.25, 0.3) is 0 Å². The van der Waals surface area contributed by atoms with Gasteiger partial charge in [0, 0.05) is 17.1 Å². The third-order valence-corrected chi connectivity index (χ3v) is 3.84. The second kappa shape index (κ2) is 7.04. The maximum atomic E-state index is 11.8. The van der Waals surface area contributed by atoms with Crippen molar-refractivity contribution in [1.82, 2.24) is 10.6 Å². The lowest BCUT2D eigenvalue weighted by Gasteiger charge is -2.13. The van der Waals surface area contributed by atoms with Crippen molar-refractivity contribution in [3.8, 4) is 0 Å². The molecule has 0 bridgehead atoms. The molecule has 0 saturated heterocycles. The van der Waals surface area contributed by atoms with Crippen molar-refractivity contribution in [2.45, 2.75) is 30.9 Å². The first-order valence-corrected chi connectivity index (χ1v) is 6.94. The molecule has 0 aliphatic heterocycles. The molecule has 5 nitrogen and oxygen atoms in total. The minimum atomic E-state index is -0.468. The summed E-state index contributed by atoms with van der Waals surface area (Å²) in [6.07, 6.45) is 0. The number of carbonyl (C=O) groups is 2. The zero-order chi connectivity index (χ0) is 14.4. The van der Waals surface area contributed by atoms with E-state index in [1.54, 1.807) is 13.8 Å². The molecule has 3 amide bonds. The molecule has 0 heterocycles. The van der Waals surface area contributed by atoms with Crippen LogP contribution in [0.25, 0.3) is 0 Å². The number of benzene rings is 1. The third-order valence-electron chi connectivity index (χ3n) is 2.57. The molecule has 6 heteroatoms. The van der Waals surface area contributed by atoms with Gasteiger partial charge in [-0.2, -0.15) is 0 Å². The summed E-state index contributed by atoms with van der Waals surface area (Å²) in [6.45, 7) is 5.93. The maximum Gasteiger partial charge on any atom is 0.321 e. The van der Waals surface area contributed by atoms with Gasteiger partial charge in [0.05, 0.1) is 5.25 Å². The van der Waals surface area contributed by atoms with E-state index in [-0.39, 0.29) is 11.2 Å². The lowest BCUT2D eigenvalue weighted by molar-refractivity contribution is -0.119.